The van der Waals surface area contributed by atoms with Gasteiger partial charge in [0.25, 0.3) is 0 Å². The maximum atomic E-state index is 5.92. The Bertz CT molecular complexity index is 631. The van der Waals surface area contributed by atoms with Gasteiger partial charge in [0.05, 0.1) is 9.92 Å². The van der Waals surface area contributed by atoms with Gasteiger partial charge < -0.3 is 11.5 Å². The summed E-state index contributed by atoms with van der Waals surface area (Å²) in [5, 5.41) is 1.01. The molecule has 112 valence electrons. The molecule has 0 saturated heterocycles. The van der Waals surface area contributed by atoms with Crippen molar-refractivity contribution < 1.29 is 0 Å². The molecule has 4 N–H and O–H groups in total. The number of hydrogen-bond acceptors (Lipinski definition) is 7. The van der Waals surface area contributed by atoms with Gasteiger partial charge in [-0.1, -0.05) is 32.5 Å². The number of aromatic nitrogens is 3. The van der Waals surface area contributed by atoms with Crippen molar-refractivity contribution in [3.8, 4) is 0 Å². The lowest BCUT2D eigenvalue weighted by molar-refractivity contribution is 0.821. The van der Waals surface area contributed by atoms with Crippen LogP contribution < -0.4 is 11.5 Å². The monoisotopic (exact) mass is 321 g/mol. The van der Waals surface area contributed by atoms with Crippen LogP contribution >= 0.6 is 23.5 Å². The van der Waals surface area contributed by atoms with E-state index in [2.05, 4.69) is 41.8 Å². The summed E-state index contributed by atoms with van der Waals surface area (Å²) >= 11 is 3.28. The molecule has 0 aliphatic heterocycles. The first-order valence-electron chi connectivity index (χ1n) is 6.69. The van der Waals surface area contributed by atoms with Gasteiger partial charge in [0, 0.05) is 17.3 Å². The molecule has 2 aromatic rings. The van der Waals surface area contributed by atoms with Gasteiger partial charge in [-0.05, 0) is 23.3 Å². The van der Waals surface area contributed by atoms with Crippen LogP contribution in [0.5, 0.6) is 0 Å². The molecular formula is C14H19N5S2. The molecule has 0 radical (unpaired) electrons. The largest absolute Gasteiger partial charge is 0.383 e. The highest BCUT2D eigenvalue weighted by Crippen LogP contribution is 2.37. The van der Waals surface area contributed by atoms with Gasteiger partial charge in [0.2, 0.25) is 5.95 Å². The molecule has 0 bridgehead atoms. The lowest BCUT2D eigenvalue weighted by Crippen LogP contribution is -2.01. The van der Waals surface area contributed by atoms with Crippen molar-refractivity contribution in [3.05, 3.63) is 24.0 Å². The molecule has 2 heterocycles. The second kappa shape index (κ2) is 7.00. The van der Waals surface area contributed by atoms with Crippen LogP contribution in [0.3, 0.4) is 0 Å². The summed E-state index contributed by atoms with van der Waals surface area (Å²) in [7, 11) is 0. The number of nitrogens with zero attached hydrogens (tertiary/aromatic N) is 3. The molecule has 0 atom stereocenters. The predicted octanol–water partition coefficient (Wildman–Crippen LogP) is 3.42. The molecule has 0 aliphatic carbocycles. The predicted molar refractivity (Wildman–Crippen MR) is 89.7 cm³/mol. The van der Waals surface area contributed by atoms with Crippen LogP contribution in [0, 0.1) is 0 Å². The van der Waals surface area contributed by atoms with Crippen LogP contribution in [-0.4, -0.2) is 20.7 Å². The number of nitrogen functional groups attached to an aromatic ring is 2. The Hall–Kier alpha value is -1.47. The minimum Gasteiger partial charge on any atom is -0.383 e. The van der Waals surface area contributed by atoms with E-state index in [4.69, 9.17) is 11.5 Å². The third-order valence-corrected chi connectivity index (χ3v) is 4.72. The van der Waals surface area contributed by atoms with Crippen molar-refractivity contribution in [3.63, 3.8) is 0 Å². The minimum absolute atomic E-state index is 0.192. The van der Waals surface area contributed by atoms with Crippen molar-refractivity contribution in [2.75, 3.05) is 17.2 Å². The quantitative estimate of drug-likeness (QED) is 0.815. The van der Waals surface area contributed by atoms with Crippen molar-refractivity contribution in [1.82, 2.24) is 15.0 Å². The molecule has 0 unspecified atom stereocenters. The molecule has 0 aliphatic rings. The average Bonchev–Trinajstić information content (AvgIpc) is 2.42. The zero-order valence-corrected chi connectivity index (χ0v) is 14.0. The van der Waals surface area contributed by atoms with Crippen molar-refractivity contribution in [2.24, 2.45) is 0 Å². The molecule has 2 rings (SSSR count). The number of rotatable bonds is 5. The van der Waals surface area contributed by atoms with E-state index in [1.165, 1.54) is 5.56 Å². The number of nitrogens with two attached hydrogens (primary N) is 2. The lowest BCUT2D eigenvalue weighted by Gasteiger charge is -2.13. The summed E-state index contributed by atoms with van der Waals surface area (Å²) < 4.78 is 0. The molecule has 21 heavy (non-hydrogen) atoms. The fourth-order valence-corrected chi connectivity index (χ4v) is 3.54. The van der Waals surface area contributed by atoms with E-state index in [0.29, 0.717) is 11.7 Å². The van der Waals surface area contributed by atoms with Gasteiger partial charge in [-0.2, -0.15) is 4.98 Å². The van der Waals surface area contributed by atoms with E-state index in [1.807, 2.05) is 6.20 Å². The molecule has 0 amide bonds. The first kappa shape index (κ1) is 15.9. The first-order chi connectivity index (χ1) is 10.0. The number of thioether (sulfide) groups is 1. The Morgan fingerprint density at radius 1 is 1.14 bits per heavy atom. The van der Waals surface area contributed by atoms with Crippen molar-refractivity contribution >= 4 is 35.3 Å². The average molecular weight is 321 g/mol. The Morgan fingerprint density at radius 3 is 2.52 bits per heavy atom. The van der Waals surface area contributed by atoms with E-state index < -0.39 is 0 Å². The van der Waals surface area contributed by atoms with Gasteiger partial charge in [-0.25, -0.2) is 9.97 Å². The van der Waals surface area contributed by atoms with E-state index in [1.54, 1.807) is 29.7 Å². The number of anilines is 2. The maximum Gasteiger partial charge on any atom is 0.221 e. The number of pyridine rings is 1. The molecule has 2 aromatic heterocycles. The summed E-state index contributed by atoms with van der Waals surface area (Å²) in [6.45, 7) is 6.41. The van der Waals surface area contributed by atoms with Crippen LogP contribution in [0.1, 0.15) is 32.3 Å². The highest BCUT2D eigenvalue weighted by atomic mass is 32.2. The van der Waals surface area contributed by atoms with Gasteiger partial charge in [-0.15, -0.1) is 11.8 Å². The topological polar surface area (TPSA) is 90.7 Å². The van der Waals surface area contributed by atoms with Crippen LogP contribution in [0.4, 0.5) is 11.8 Å². The lowest BCUT2D eigenvalue weighted by atomic mass is 10.1. The Morgan fingerprint density at radius 2 is 1.90 bits per heavy atom. The summed E-state index contributed by atoms with van der Waals surface area (Å²) in [4.78, 5) is 14.5. The molecule has 0 aromatic carbocycles. The highest BCUT2D eigenvalue weighted by Gasteiger charge is 2.13. The Labute approximate surface area is 133 Å². The summed E-state index contributed by atoms with van der Waals surface area (Å²) in [6, 6.07) is 2.10. The van der Waals surface area contributed by atoms with E-state index in [0.717, 1.165) is 20.6 Å². The molecule has 0 fully saturated rings. The maximum absolute atomic E-state index is 5.92. The summed E-state index contributed by atoms with van der Waals surface area (Å²) in [6.07, 6.45) is 3.61. The van der Waals surface area contributed by atoms with Crippen molar-refractivity contribution in [1.29, 1.82) is 0 Å². The van der Waals surface area contributed by atoms with Crippen LogP contribution in [0.15, 0.2) is 33.3 Å². The van der Waals surface area contributed by atoms with Crippen LogP contribution in [0.2, 0.25) is 0 Å². The second-order valence-electron chi connectivity index (χ2n) is 4.73. The van der Waals surface area contributed by atoms with Gasteiger partial charge in [0.15, 0.2) is 0 Å². The van der Waals surface area contributed by atoms with E-state index in [-0.39, 0.29) is 5.95 Å². The van der Waals surface area contributed by atoms with Gasteiger partial charge >= 0.3 is 0 Å². The zero-order valence-electron chi connectivity index (χ0n) is 12.3. The standard InChI is InChI=1S/C14H19N5S2/c1-4-20-12-5-10(9(6-17-12)8(2)3)21-11-7-18-14(16)19-13(11)15/h5-8H,4H2,1-3H3,(H4,15,16,18,19). The molecule has 0 spiro atoms. The minimum atomic E-state index is 0.192. The van der Waals surface area contributed by atoms with Crippen LogP contribution in [-0.2, 0) is 0 Å². The fourth-order valence-electron chi connectivity index (χ4n) is 1.77. The normalized spacial score (nSPS) is 11.0. The van der Waals surface area contributed by atoms with Gasteiger partial charge in [0.1, 0.15) is 5.82 Å². The molecule has 7 heteroatoms. The smallest absolute Gasteiger partial charge is 0.221 e. The molecule has 0 saturated carbocycles. The third kappa shape index (κ3) is 4.01. The first-order valence-corrected chi connectivity index (χ1v) is 8.50. The number of hydrogen-bond donors (Lipinski definition) is 2. The van der Waals surface area contributed by atoms with E-state index in [9.17, 15) is 0 Å². The summed E-state index contributed by atoms with van der Waals surface area (Å²) in [5.74, 6) is 1.98. The SMILES string of the molecule is CCSc1cc(Sc2cnc(N)nc2N)c(C(C)C)cn1. The van der Waals surface area contributed by atoms with Crippen molar-refractivity contribution in [2.45, 2.75) is 41.5 Å². The van der Waals surface area contributed by atoms with Crippen LogP contribution in [0.25, 0.3) is 0 Å². The summed E-state index contributed by atoms with van der Waals surface area (Å²) in [5.41, 5.74) is 12.6. The Kier molecular flexibility index (Phi) is 5.30. The third-order valence-electron chi connectivity index (χ3n) is 2.81. The molecule has 5 nitrogen and oxygen atoms in total. The molecular weight excluding hydrogens is 302 g/mol. The Balaban J connectivity index is 2.38. The zero-order chi connectivity index (χ0) is 15.4. The second-order valence-corrected chi connectivity index (χ2v) is 7.10. The van der Waals surface area contributed by atoms with E-state index >= 15 is 0 Å². The van der Waals surface area contributed by atoms with Gasteiger partial charge in [-0.3, -0.25) is 0 Å². The highest BCUT2D eigenvalue weighted by molar-refractivity contribution is 8.00. The fraction of sp³-hybridized carbons (Fsp3) is 0.357.